The van der Waals surface area contributed by atoms with E-state index in [1.165, 1.54) is 0 Å². The normalized spacial score (nSPS) is 15.9. The third kappa shape index (κ3) is 4.55. The van der Waals surface area contributed by atoms with Crippen LogP contribution in [-0.4, -0.2) is 59.8 Å². The second kappa shape index (κ2) is 8.59. The molecule has 0 bridgehead atoms. The number of ether oxygens (including phenoxy) is 1. The summed E-state index contributed by atoms with van der Waals surface area (Å²) in [7, 11) is 0. The van der Waals surface area contributed by atoms with Crippen molar-refractivity contribution in [2.45, 2.75) is 13.0 Å². The summed E-state index contributed by atoms with van der Waals surface area (Å²) in [6.07, 6.45) is 1.12. The van der Waals surface area contributed by atoms with Crippen LogP contribution >= 0.6 is 0 Å². The Labute approximate surface area is 170 Å². The number of aliphatic hydroxyl groups is 1. The van der Waals surface area contributed by atoms with Crippen molar-refractivity contribution >= 4 is 16.7 Å². The molecule has 1 saturated heterocycles. The van der Waals surface area contributed by atoms with E-state index in [1.54, 1.807) is 6.20 Å². The van der Waals surface area contributed by atoms with E-state index in [9.17, 15) is 9.90 Å². The number of hydrogen-bond donors (Lipinski definition) is 2. The highest BCUT2D eigenvalue weighted by Crippen LogP contribution is 2.37. The monoisotopic (exact) mass is 391 g/mol. The van der Waals surface area contributed by atoms with Gasteiger partial charge in [-0.3, -0.25) is 14.7 Å². The minimum atomic E-state index is -0.681. The molecule has 6 heteroatoms. The Morgan fingerprint density at radius 2 is 2.10 bits per heavy atom. The van der Waals surface area contributed by atoms with Crippen LogP contribution < -0.4 is 10.1 Å². The lowest BCUT2D eigenvalue weighted by molar-refractivity contribution is -0.124. The molecule has 2 N–H and O–H groups in total. The maximum absolute atomic E-state index is 11.5. The molecule has 1 aliphatic heterocycles. The topological polar surface area (TPSA) is 74.7 Å². The molecule has 6 nitrogen and oxygen atoms in total. The molecule has 2 heterocycles. The van der Waals surface area contributed by atoms with Gasteiger partial charge in [-0.25, -0.2) is 0 Å². The van der Waals surface area contributed by atoms with E-state index in [0.717, 1.165) is 39.9 Å². The molecule has 1 amide bonds. The molecule has 0 radical (unpaired) electrons. The van der Waals surface area contributed by atoms with Gasteiger partial charge in [0.05, 0.1) is 6.54 Å². The summed E-state index contributed by atoms with van der Waals surface area (Å²) in [5.74, 6) is 0.721. The Kier molecular flexibility index (Phi) is 5.74. The molecule has 2 aromatic carbocycles. The number of aryl methyl sites for hydroxylation is 1. The number of aliphatic hydroxyl groups excluding tert-OH is 1. The molecule has 1 atom stereocenters. The van der Waals surface area contributed by atoms with Crippen LogP contribution in [0.25, 0.3) is 21.9 Å². The zero-order valence-electron chi connectivity index (χ0n) is 16.5. The van der Waals surface area contributed by atoms with Crippen molar-refractivity contribution in [1.29, 1.82) is 0 Å². The number of carbonyl (C=O) groups excluding carboxylic acids is 1. The van der Waals surface area contributed by atoms with E-state index < -0.39 is 6.10 Å². The highest BCUT2D eigenvalue weighted by atomic mass is 16.5. The van der Waals surface area contributed by atoms with E-state index in [0.29, 0.717) is 19.6 Å². The summed E-state index contributed by atoms with van der Waals surface area (Å²) in [5, 5.41) is 15.5. The lowest BCUT2D eigenvalue weighted by atomic mass is 9.97. The molecule has 3 aromatic rings. The zero-order valence-corrected chi connectivity index (χ0v) is 16.5. The minimum absolute atomic E-state index is 0.00533. The van der Waals surface area contributed by atoms with Gasteiger partial charge in [0.15, 0.2) is 0 Å². The van der Waals surface area contributed by atoms with E-state index in [1.807, 2.05) is 48.2 Å². The summed E-state index contributed by atoms with van der Waals surface area (Å²) >= 11 is 0. The Bertz CT molecular complexity index is 1020. The Morgan fingerprint density at radius 1 is 1.24 bits per heavy atom. The van der Waals surface area contributed by atoms with Crippen LogP contribution in [-0.2, 0) is 4.79 Å². The van der Waals surface area contributed by atoms with Gasteiger partial charge >= 0.3 is 0 Å². The van der Waals surface area contributed by atoms with E-state index in [2.05, 4.69) is 22.4 Å². The largest absolute Gasteiger partial charge is 0.490 e. The second-order valence-electron chi connectivity index (χ2n) is 7.40. The van der Waals surface area contributed by atoms with E-state index >= 15 is 0 Å². The van der Waals surface area contributed by atoms with Crippen LogP contribution in [0.4, 0.5) is 0 Å². The number of benzene rings is 2. The molecule has 0 saturated carbocycles. The number of pyridine rings is 1. The molecule has 1 fully saturated rings. The van der Waals surface area contributed by atoms with Crippen LogP contribution in [0.3, 0.4) is 0 Å². The molecule has 1 aromatic heterocycles. The maximum Gasteiger partial charge on any atom is 0.234 e. The summed E-state index contributed by atoms with van der Waals surface area (Å²) in [6.45, 7) is 4.20. The van der Waals surface area contributed by atoms with Crippen LogP contribution in [0.5, 0.6) is 5.75 Å². The Morgan fingerprint density at radius 3 is 2.93 bits per heavy atom. The Balaban J connectivity index is 1.57. The van der Waals surface area contributed by atoms with E-state index in [4.69, 9.17) is 4.74 Å². The van der Waals surface area contributed by atoms with Crippen molar-refractivity contribution in [2.24, 2.45) is 0 Å². The van der Waals surface area contributed by atoms with Crippen LogP contribution in [0.2, 0.25) is 0 Å². The average molecular weight is 391 g/mol. The van der Waals surface area contributed by atoms with Crippen molar-refractivity contribution in [1.82, 2.24) is 15.2 Å². The van der Waals surface area contributed by atoms with Crippen molar-refractivity contribution in [3.8, 4) is 16.9 Å². The fourth-order valence-corrected chi connectivity index (χ4v) is 3.75. The number of nitrogens with one attached hydrogen (secondary N) is 1. The van der Waals surface area contributed by atoms with Crippen LogP contribution in [0.15, 0.2) is 54.7 Å². The number of amides is 1. The molecule has 0 spiro atoms. The summed E-state index contributed by atoms with van der Waals surface area (Å²) < 4.78 is 6.07. The lowest BCUT2D eigenvalue weighted by Gasteiger charge is -2.28. The number of carbonyl (C=O) groups is 1. The summed E-state index contributed by atoms with van der Waals surface area (Å²) in [5.41, 5.74) is 2.97. The Hall–Kier alpha value is -2.96. The number of nitrogens with zero attached hydrogens (tertiary/aromatic N) is 2. The van der Waals surface area contributed by atoms with Gasteiger partial charge in [-0.05, 0) is 41.5 Å². The molecule has 150 valence electrons. The van der Waals surface area contributed by atoms with Gasteiger partial charge in [0.1, 0.15) is 18.5 Å². The molecule has 0 aliphatic carbocycles. The number of rotatable bonds is 6. The van der Waals surface area contributed by atoms with Crippen LogP contribution in [0.1, 0.15) is 5.69 Å². The van der Waals surface area contributed by atoms with Crippen molar-refractivity contribution in [2.75, 3.05) is 32.8 Å². The van der Waals surface area contributed by atoms with Crippen molar-refractivity contribution in [3.05, 3.63) is 60.4 Å². The minimum Gasteiger partial charge on any atom is -0.490 e. The smallest absolute Gasteiger partial charge is 0.234 e. The zero-order chi connectivity index (χ0) is 20.2. The number of β-amino-alcohol motifs (C(OH)–C–C–N with tert-alkyl or cyclic N) is 1. The fourth-order valence-electron chi connectivity index (χ4n) is 3.75. The van der Waals surface area contributed by atoms with Gasteiger partial charge in [0.25, 0.3) is 0 Å². The SMILES string of the molecule is Cc1cc(-c2c(OCC(O)CN3CCNC(=O)C3)ccc3ccccc23)ccn1. The van der Waals surface area contributed by atoms with Gasteiger partial charge < -0.3 is 15.2 Å². The quantitative estimate of drug-likeness (QED) is 0.675. The first-order chi connectivity index (χ1) is 14.1. The van der Waals surface area contributed by atoms with Gasteiger partial charge in [-0.15, -0.1) is 0 Å². The molecular formula is C23H25N3O3. The summed E-state index contributed by atoms with van der Waals surface area (Å²) in [4.78, 5) is 17.8. The number of piperazine rings is 1. The average Bonchev–Trinajstić information content (AvgIpc) is 2.72. The lowest BCUT2D eigenvalue weighted by Crippen LogP contribution is -2.50. The van der Waals surface area contributed by atoms with Gasteiger partial charge in [0, 0.05) is 37.1 Å². The summed E-state index contributed by atoms with van der Waals surface area (Å²) in [6, 6.07) is 16.2. The van der Waals surface area contributed by atoms with Gasteiger partial charge in [-0.1, -0.05) is 30.3 Å². The molecular weight excluding hydrogens is 366 g/mol. The number of aromatic nitrogens is 1. The number of hydrogen-bond acceptors (Lipinski definition) is 5. The highest BCUT2D eigenvalue weighted by molar-refractivity contribution is 5.99. The fraction of sp³-hybridized carbons (Fsp3) is 0.304. The number of fused-ring (bicyclic) bond motifs is 1. The molecule has 1 unspecified atom stereocenters. The predicted octanol–water partition coefficient (Wildman–Crippen LogP) is 2.38. The molecule has 29 heavy (non-hydrogen) atoms. The van der Waals surface area contributed by atoms with Crippen molar-refractivity contribution < 1.29 is 14.6 Å². The first kappa shape index (κ1) is 19.4. The third-order valence-corrected chi connectivity index (χ3v) is 5.09. The third-order valence-electron chi connectivity index (χ3n) is 5.09. The van der Waals surface area contributed by atoms with Crippen molar-refractivity contribution in [3.63, 3.8) is 0 Å². The van der Waals surface area contributed by atoms with Gasteiger partial charge in [-0.2, -0.15) is 0 Å². The van der Waals surface area contributed by atoms with Gasteiger partial charge in [0.2, 0.25) is 5.91 Å². The maximum atomic E-state index is 11.5. The molecule has 1 aliphatic rings. The molecule has 4 rings (SSSR count). The highest BCUT2D eigenvalue weighted by Gasteiger charge is 2.20. The second-order valence-corrected chi connectivity index (χ2v) is 7.40. The predicted molar refractivity (Wildman–Crippen MR) is 113 cm³/mol. The first-order valence-corrected chi connectivity index (χ1v) is 9.85. The first-order valence-electron chi connectivity index (χ1n) is 9.85. The van der Waals surface area contributed by atoms with E-state index in [-0.39, 0.29) is 12.5 Å². The van der Waals surface area contributed by atoms with Crippen LogP contribution in [0, 0.1) is 6.92 Å². The standard InChI is InChI=1S/C23H25N3O3/c1-16-12-18(8-9-24-16)23-20-5-3-2-4-17(20)6-7-21(23)29-15-19(27)13-26-11-10-25-22(28)14-26/h2-9,12,19,27H,10-11,13-15H2,1H3,(H,25,28).